The summed E-state index contributed by atoms with van der Waals surface area (Å²) in [6.07, 6.45) is 0.591. The van der Waals surface area contributed by atoms with E-state index < -0.39 is 16.0 Å². The summed E-state index contributed by atoms with van der Waals surface area (Å²) in [4.78, 5) is 16.5. The van der Waals surface area contributed by atoms with Crippen LogP contribution in [0.15, 0.2) is 57.9 Å². The number of aromatic nitrogens is 2. The third-order valence-corrected chi connectivity index (χ3v) is 5.30. The van der Waals surface area contributed by atoms with Crippen LogP contribution in [-0.4, -0.2) is 31.6 Å². The van der Waals surface area contributed by atoms with Crippen LogP contribution in [-0.2, 0) is 27.8 Å². The zero-order valence-electron chi connectivity index (χ0n) is 15.8. The van der Waals surface area contributed by atoms with E-state index in [1.165, 1.54) is 43.5 Å². The number of sulfonamides is 1. The molecule has 2 aromatic carbocycles. The van der Waals surface area contributed by atoms with Crippen molar-refractivity contribution in [1.29, 1.82) is 0 Å². The molecule has 1 heterocycles. The van der Waals surface area contributed by atoms with Crippen LogP contribution < -0.4 is 9.46 Å². The normalized spacial score (nSPS) is 11.1. The summed E-state index contributed by atoms with van der Waals surface area (Å²) < 4.78 is 42.9. The first-order valence-electron chi connectivity index (χ1n) is 8.67. The van der Waals surface area contributed by atoms with Crippen LogP contribution in [0.2, 0.25) is 0 Å². The maximum absolute atomic E-state index is 12.7. The predicted octanol–water partition coefficient (Wildman–Crippen LogP) is 2.80. The van der Waals surface area contributed by atoms with Gasteiger partial charge in [-0.05, 0) is 36.4 Å². The Labute approximate surface area is 167 Å². The van der Waals surface area contributed by atoms with Gasteiger partial charge in [-0.15, -0.1) is 0 Å². The molecular weight excluding hydrogens is 398 g/mol. The second-order valence-electron chi connectivity index (χ2n) is 5.86. The van der Waals surface area contributed by atoms with Gasteiger partial charge in [-0.1, -0.05) is 24.2 Å². The van der Waals surface area contributed by atoms with Crippen molar-refractivity contribution in [3.05, 3.63) is 65.8 Å². The second kappa shape index (κ2) is 8.74. The van der Waals surface area contributed by atoms with E-state index in [1.807, 2.05) is 6.92 Å². The van der Waals surface area contributed by atoms with E-state index in [2.05, 4.69) is 14.9 Å². The number of rotatable bonds is 8. The average Bonchev–Trinajstić information content (AvgIpc) is 3.20. The fourth-order valence-electron chi connectivity index (χ4n) is 2.41. The number of carbonyl (C=O) groups excluding carboxylic acids is 1. The van der Waals surface area contributed by atoms with Gasteiger partial charge in [0.1, 0.15) is 5.75 Å². The molecule has 0 bridgehead atoms. The highest BCUT2D eigenvalue weighted by Crippen LogP contribution is 2.22. The molecular formula is C19H19N3O6S. The molecule has 9 nitrogen and oxygen atoms in total. The van der Waals surface area contributed by atoms with Gasteiger partial charge in [0, 0.05) is 6.42 Å². The molecule has 0 spiro atoms. The molecule has 0 atom stereocenters. The van der Waals surface area contributed by atoms with Crippen molar-refractivity contribution in [2.24, 2.45) is 0 Å². The zero-order chi connectivity index (χ0) is 20.9. The molecule has 3 aromatic rings. The first-order chi connectivity index (χ1) is 13.9. The molecule has 152 valence electrons. The first kappa shape index (κ1) is 20.3. The molecule has 0 saturated heterocycles. The van der Waals surface area contributed by atoms with E-state index in [4.69, 9.17) is 14.0 Å². The van der Waals surface area contributed by atoms with Crippen molar-refractivity contribution < 1.29 is 27.2 Å². The molecule has 0 fully saturated rings. The lowest BCUT2D eigenvalue weighted by molar-refractivity contribution is 0.0431. The largest absolute Gasteiger partial charge is 0.497 e. The Kier molecular flexibility index (Phi) is 6.13. The summed E-state index contributed by atoms with van der Waals surface area (Å²) in [7, 11) is -2.43. The Bertz CT molecular complexity index is 1090. The van der Waals surface area contributed by atoms with Crippen molar-refractivity contribution in [2.45, 2.75) is 24.8 Å². The Morgan fingerprint density at radius 1 is 1.14 bits per heavy atom. The average molecular weight is 417 g/mol. The summed E-state index contributed by atoms with van der Waals surface area (Å²) in [6.45, 7) is 1.65. The molecule has 1 aromatic heterocycles. The molecule has 0 amide bonds. The number of carbonyl (C=O) groups is 1. The van der Waals surface area contributed by atoms with E-state index in [9.17, 15) is 13.2 Å². The van der Waals surface area contributed by atoms with Gasteiger partial charge in [-0.25, -0.2) is 13.2 Å². The van der Waals surface area contributed by atoms with Crippen molar-refractivity contribution >= 4 is 21.7 Å². The number of benzene rings is 2. The molecule has 0 saturated carbocycles. The number of para-hydroxylation sites is 1. The summed E-state index contributed by atoms with van der Waals surface area (Å²) in [5.74, 6) is 0.463. The third-order valence-electron chi connectivity index (χ3n) is 3.91. The fraction of sp³-hybridized carbons (Fsp3) is 0.211. The minimum absolute atomic E-state index is 0.0272. The van der Waals surface area contributed by atoms with Gasteiger partial charge in [0.15, 0.2) is 12.4 Å². The molecule has 0 aliphatic rings. The van der Waals surface area contributed by atoms with Gasteiger partial charge < -0.3 is 14.0 Å². The molecule has 3 rings (SSSR count). The van der Waals surface area contributed by atoms with Crippen molar-refractivity contribution in [3.63, 3.8) is 0 Å². The zero-order valence-corrected chi connectivity index (χ0v) is 16.6. The molecule has 0 aliphatic carbocycles. The van der Waals surface area contributed by atoms with Crippen LogP contribution in [0.4, 0.5) is 5.69 Å². The monoisotopic (exact) mass is 417 g/mol. The highest BCUT2D eigenvalue weighted by atomic mass is 32.2. The number of aryl methyl sites for hydroxylation is 1. The van der Waals surface area contributed by atoms with Crippen molar-refractivity contribution in [3.8, 4) is 5.75 Å². The van der Waals surface area contributed by atoms with Crippen molar-refractivity contribution in [2.75, 3.05) is 11.8 Å². The van der Waals surface area contributed by atoms with Gasteiger partial charge in [0.25, 0.3) is 15.9 Å². The lowest BCUT2D eigenvalue weighted by Gasteiger charge is -2.12. The van der Waals surface area contributed by atoms with E-state index >= 15 is 0 Å². The maximum Gasteiger partial charge on any atom is 0.340 e. The number of hydrogen-bond donors (Lipinski definition) is 1. The highest BCUT2D eigenvalue weighted by molar-refractivity contribution is 7.92. The molecule has 0 unspecified atom stereocenters. The number of hydrogen-bond acceptors (Lipinski definition) is 8. The summed E-state index contributed by atoms with van der Waals surface area (Å²) in [6, 6.07) is 12.0. The number of nitrogens with zero attached hydrogens (tertiary/aromatic N) is 2. The van der Waals surface area contributed by atoms with Crippen LogP contribution in [0.5, 0.6) is 5.75 Å². The van der Waals surface area contributed by atoms with Crippen LogP contribution >= 0.6 is 0 Å². The number of nitrogens with one attached hydrogen (secondary N) is 1. The lowest BCUT2D eigenvalue weighted by atomic mass is 10.2. The number of anilines is 1. The van der Waals surface area contributed by atoms with Crippen molar-refractivity contribution in [1.82, 2.24) is 10.1 Å². The Morgan fingerprint density at radius 2 is 1.86 bits per heavy atom. The lowest BCUT2D eigenvalue weighted by Crippen LogP contribution is -2.16. The van der Waals surface area contributed by atoms with Gasteiger partial charge in [0.2, 0.25) is 0 Å². The summed E-state index contributed by atoms with van der Waals surface area (Å²) in [5, 5.41) is 3.72. The Morgan fingerprint density at radius 3 is 2.52 bits per heavy atom. The Hall–Kier alpha value is -3.40. The van der Waals surface area contributed by atoms with Crippen LogP contribution in [0, 0.1) is 0 Å². The van der Waals surface area contributed by atoms with Gasteiger partial charge in [-0.3, -0.25) is 4.72 Å². The van der Waals surface area contributed by atoms with E-state index in [0.29, 0.717) is 18.0 Å². The molecule has 1 N–H and O–H groups in total. The van der Waals surface area contributed by atoms with Crippen LogP contribution in [0.25, 0.3) is 0 Å². The maximum atomic E-state index is 12.7. The number of methoxy groups -OCH3 is 1. The number of esters is 1. The number of ether oxygens (including phenoxy) is 2. The molecule has 10 heteroatoms. The quantitative estimate of drug-likeness (QED) is 0.556. The topological polar surface area (TPSA) is 121 Å². The molecule has 0 radical (unpaired) electrons. The van der Waals surface area contributed by atoms with Crippen LogP contribution in [0.1, 0.15) is 29.0 Å². The molecule has 29 heavy (non-hydrogen) atoms. The SMILES string of the molecule is CCc1noc(COC(=O)c2ccccc2NS(=O)(=O)c2ccc(OC)cc2)n1. The second-order valence-corrected chi connectivity index (χ2v) is 7.54. The van der Waals surface area contributed by atoms with Crippen LogP contribution in [0.3, 0.4) is 0 Å². The van der Waals surface area contributed by atoms with E-state index in [0.717, 1.165) is 0 Å². The minimum Gasteiger partial charge on any atom is -0.497 e. The predicted molar refractivity (Wildman–Crippen MR) is 103 cm³/mol. The van der Waals surface area contributed by atoms with E-state index in [-0.39, 0.29) is 28.6 Å². The first-order valence-corrected chi connectivity index (χ1v) is 10.2. The minimum atomic E-state index is -3.92. The standard InChI is InChI=1S/C19H19N3O6S/c1-3-17-20-18(28-21-17)12-27-19(23)15-6-4-5-7-16(15)22-29(24,25)14-10-8-13(26-2)9-11-14/h4-11,22H,3,12H2,1-2H3. The highest BCUT2D eigenvalue weighted by Gasteiger charge is 2.20. The summed E-state index contributed by atoms with van der Waals surface area (Å²) >= 11 is 0. The van der Waals surface area contributed by atoms with Gasteiger partial charge >= 0.3 is 5.97 Å². The Balaban J connectivity index is 1.75. The smallest absolute Gasteiger partial charge is 0.340 e. The molecule has 0 aliphatic heterocycles. The van der Waals surface area contributed by atoms with E-state index in [1.54, 1.807) is 12.1 Å². The third kappa shape index (κ3) is 4.91. The van der Waals surface area contributed by atoms with Gasteiger partial charge in [0.05, 0.1) is 23.3 Å². The fourth-order valence-corrected chi connectivity index (χ4v) is 3.49. The summed E-state index contributed by atoms with van der Waals surface area (Å²) in [5.41, 5.74) is 0.146. The van der Waals surface area contributed by atoms with Gasteiger partial charge in [-0.2, -0.15) is 4.98 Å².